The van der Waals surface area contributed by atoms with E-state index in [9.17, 15) is 17.6 Å². The number of carbonyl (C=O) groups excluding carboxylic acids is 1. The van der Waals surface area contributed by atoms with E-state index in [-0.39, 0.29) is 48.3 Å². The van der Waals surface area contributed by atoms with Crippen molar-refractivity contribution >= 4 is 26.6 Å². The summed E-state index contributed by atoms with van der Waals surface area (Å²) in [5.74, 6) is 0.0446. The molecular weight excluding hydrogens is 469 g/mol. The number of nitrogens with one attached hydrogen (secondary N) is 1. The molecule has 1 saturated heterocycles. The zero-order chi connectivity index (χ0) is 24.6. The predicted molar refractivity (Wildman–Crippen MR) is 133 cm³/mol. The Balaban J connectivity index is 1.16. The summed E-state index contributed by atoms with van der Waals surface area (Å²) >= 11 is 0. The van der Waals surface area contributed by atoms with Crippen molar-refractivity contribution in [2.75, 3.05) is 31.6 Å². The van der Waals surface area contributed by atoms with Crippen LogP contribution in [0.3, 0.4) is 0 Å². The van der Waals surface area contributed by atoms with Gasteiger partial charge in [0.25, 0.3) is 0 Å². The van der Waals surface area contributed by atoms with Crippen LogP contribution < -0.4 is 10.1 Å². The van der Waals surface area contributed by atoms with Gasteiger partial charge in [-0.1, -0.05) is 18.2 Å². The number of halogens is 1. The third-order valence-corrected chi connectivity index (χ3v) is 8.58. The molecule has 184 valence electrons. The van der Waals surface area contributed by atoms with Crippen molar-refractivity contribution in [1.82, 2.24) is 15.2 Å². The summed E-state index contributed by atoms with van der Waals surface area (Å²) in [6, 6.07) is 13.1. The largest absolute Gasteiger partial charge is 0.485 e. The molecule has 0 aliphatic carbocycles. The summed E-state index contributed by atoms with van der Waals surface area (Å²) in [6.45, 7) is 0.761. The maximum Gasteiger partial charge on any atom is 0.221 e. The second-order valence-electron chi connectivity index (χ2n) is 9.40. The molecule has 0 spiro atoms. The van der Waals surface area contributed by atoms with Gasteiger partial charge in [-0.15, -0.1) is 0 Å². The monoisotopic (exact) mass is 497 g/mol. The van der Waals surface area contributed by atoms with Crippen LogP contribution in [0.4, 0.5) is 4.39 Å². The molecule has 2 aliphatic heterocycles. The first-order chi connectivity index (χ1) is 16.8. The van der Waals surface area contributed by atoms with E-state index in [0.717, 1.165) is 27.6 Å². The number of sulfone groups is 1. The minimum atomic E-state index is -2.95. The summed E-state index contributed by atoms with van der Waals surface area (Å²) in [7, 11) is -1.11. The molecule has 0 saturated carbocycles. The molecule has 1 aromatic heterocycles. The highest BCUT2D eigenvalue weighted by Gasteiger charge is 2.31. The molecule has 0 radical (unpaired) electrons. The van der Waals surface area contributed by atoms with Gasteiger partial charge in [-0.25, -0.2) is 12.8 Å². The highest BCUT2D eigenvalue weighted by Crippen LogP contribution is 2.36. The van der Waals surface area contributed by atoms with Gasteiger partial charge in [-0.05, 0) is 43.3 Å². The van der Waals surface area contributed by atoms with E-state index >= 15 is 0 Å². The van der Waals surface area contributed by atoms with Gasteiger partial charge < -0.3 is 15.0 Å². The van der Waals surface area contributed by atoms with E-state index in [1.807, 2.05) is 48.3 Å². The van der Waals surface area contributed by atoms with Gasteiger partial charge in [-0.3, -0.25) is 9.78 Å². The Morgan fingerprint density at radius 2 is 2.06 bits per heavy atom. The normalized spacial score (nSPS) is 20.7. The Morgan fingerprint density at radius 1 is 1.23 bits per heavy atom. The highest BCUT2D eigenvalue weighted by molar-refractivity contribution is 7.91. The number of aromatic nitrogens is 1. The fourth-order valence-electron chi connectivity index (χ4n) is 4.80. The number of hydrogen-bond donors (Lipinski definition) is 1. The van der Waals surface area contributed by atoms with Gasteiger partial charge in [0.05, 0.1) is 23.6 Å². The molecule has 1 amide bonds. The number of pyridine rings is 1. The van der Waals surface area contributed by atoms with E-state index in [4.69, 9.17) is 4.74 Å². The summed E-state index contributed by atoms with van der Waals surface area (Å²) in [6.07, 6.45) is 2.78. The standard InChI is InChI=1S/C26H28FN3O4S/c1-30(21-7-9-35(32,33)16-21)8-6-25(31)29-15-22-12-19-11-18(13-23(27)26(19)34-22)20-10-17-4-2-3-5-24(17)28-14-20/h2-5,10-11,13-14,21-22H,6-9,12,15-16H2,1H3,(H,29,31)/t21-,22-/m1/s1. The van der Waals surface area contributed by atoms with E-state index < -0.39 is 15.7 Å². The molecule has 9 heteroatoms. The number of amides is 1. The van der Waals surface area contributed by atoms with Crippen LogP contribution in [-0.4, -0.2) is 68.0 Å². The molecule has 2 aliphatic rings. The zero-order valence-electron chi connectivity index (χ0n) is 19.5. The maximum atomic E-state index is 14.9. The lowest BCUT2D eigenvalue weighted by molar-refractivity contribution is -0.121. The summed E-state index contributed by atoms with van der Waals surface area (Å²) < 4.78 is 44.0. The lowest BCUT2D eigenvalue weighted by Crippen LogP contribution is -2.38. The predicted octanol–water partition coefficient (Wildman–Crippen LogP) is 2.97. The van der Waals surface area contributed by atoms with Crippen LogP contribution in [0.25, 0.3) is 22.0 Å². The van der Waals surface area contributed by atoms with Crippen LogP contribution in [0.2, 0.25) is 0 Å². The molecule has 5 rings (SSSR count). The van der Waals surface area contributed by atoms with Crippen molar-refractivity contribution in [3.05, 3.63) is 60.0 Å². The number of hydrogen-bond acceptors (Lipinski definition) is 6. The van der Waals surface area contributed by atoms with Crippen LogP contribution in [-0.2, 0) is 21.1 Å². The molecule has 35 heavy (non-hydrogen) atoms. The molecule has 3 heterocycles. The molecule has 2 atom stereocenters. The second-order valence-corrected chi connectivity index (χ2v) is 11.6. The SMILES string of the molecule is CN(CCC(=O)NC[C@H]1Cc2cc(-c3cnc4ccccc4c3)cc(F)c2O1)[C@@H]1CCS(=O)(=O)C1. The van der Waals surface area contributed by atoms with Gasteiger partial charge in [0.2, 0.25) is 5.91 Å². The second kappa shape index (κ2) is 9.54. The molecule has 1 fully saturated rings. The van der Waals surface area contributed by atoms with E-state index in [2.05, 4.69) is 10.3 Å². The van der Waals surface area contributed by atoms with Crippen LogP contribution in [0.5, 0.6) is 5.75 Å². The highest BCUT2D eigenvalue weighted by atomic mass is 32.2. The first kappa shape index (κ1) is 23.7. The summed E-state index contributed by atoms with van der Waals surface area (Å²) in [5.41, 5.74) is 3.23. The Morgan fingerprint density at radius 3 is 2.86 bits per heavy atom. The van der Waals surface area contributed by atoms with E-state index in [1.54, 1.807) is 6.20 Å². The van der Waals surface area contributed by atoms with E-state index in [1.165, 1.54) is 6.07 Å². The lowest BCUT2D eigenvalue weighted by Gasteiger charge is -2.22. The lowest BCUT2D eigenvalue weighted by atomic mass is 10.0. The first-order valence-electron chi connectivity index (χ1n) is 11.8. The molecule has 0 bridgehead atoms. The molecule has 7 nitrogen and oxygen atoms in total. The molecular formula is C26H28FN3O4S. The average molecular weight is 498 g/mol. The minimum absolute atomic E-state index is 0.0320. The van der Waals surface area contributed by atoms with Crippen LogP contribution >= 0.6 is 0 Å². The summed E-state index contributed by atoms with van der Waals surface area (Å²) in [4.78, 5) is 18.7. The number of fused-ring (bicyclic) bond motifs is 2. The van der Waals surface area contributed by atoms with E-state index in [0.29, 0.717) is 19.4 Å². The van der Waals surface area contributed by atoms with Crippen LogP contribution in [0, 0.1) is 5.82 Å². The maximum absolute atomic E-state index is 14.9. The number of ether oxygens (including phenoxy) is 1. The fraction of sp³-hybridized carbons (Fsp3) is 0.385. The van der Waals surface area contributed by atoms with Crippen molar-refractivity contribution in [1.29, 1.82) is 0 Å². The summed E-state index contributed by atoms with van der Waals surface area (Å²) in [5, 5.41) is 3.86. The fourth-order valence-corrected chi connectivity index (χ4v) is 6.60. The van der Waals surface area contributed by atoms with Gasteiger partial charge in [0, 0.05) is 48.1 Å². The van der Waals surface area contributed by atoms with Crippen LogP contribution in [0.15, 0.2) is 48.7 Å². The Kier molecular flexibility index (Phi) is 6.46. The average Bonchev–Trinajstić information content (AvgIpc) is 3.43. The van der Waals surface area contributed by atoms with Crippen molar-refractivity contribution in [2.45, 2.75) is 31.4 Å². The smallest absolute Gasteiger partial charge is 0.221 e. The number of rotatable bonds is 7. The zero-order valence-corrected chi connectivity index (χ0v) is 20.4. The number of para-hydroxylation sites is 1. The van der Waals surface area contributed by atoms with Gasteiger partial charge in [0.1, 0.15) is 6.10 Å². The molecule has 1 N–H and O–H groups in total. The van der Waals surface area contributed by atoms with Crippen molar-refractivity contribution in [3.8, 4) is 16.9 Å². The number of benzene rings is 2. The topological polar surface area (TPSA) is 88.6 Å². The first-order valence-corrected chi connectivity index (χ1v) is 13.6. The third-order valence-electron chi connectivity index (χ3n) is 6.83. The van der Waals surface area contributed by atoms with Crippen molar-refractivity contribution in [3.63, 3.8) is 0 Å². The molecule has 0 unspecified atom stereocenters. The Labute approximate surface area is 204 Å². The van der Waals surface area contributed by atoms with Crippen molar-refractivity contribution < 1.29 is 22.3 Å². The van der Waals surface area contributed by atoms with Gasteiger partial charge >= 0.3 is 0 Å². The van der Waals surface area contributed by atoms with Crippen LogP contribution in [0.1, 0.15) is 18.4 Å². The molecule has 2 aromatic carbocycles. The Bertz CT molecular complexity index is 1380. The quantitative estimate of drug-likeness (QED) is 0.540. The van der Waals surface area contributed by atoms with Gasteiger partial charge in [-0.2, -0.15) is 0 Å². The Hall–Kier alpha value is -3.04. The number of carbonyl (C=O) groups is 1. The number of nitrogens with zero attached hydrogens (tertiary/aromatic N) is 2. The van der Waals surface area contributed by atoms with Crippen molar-refractivity contribution in [2.24, 2.45) is 0 Å². The minimum Gasteiger partial charge on any atom is -0.485 e. The molecule has 3 aromatic rings. The van der Waals surface area contributed by atoms with Gasteiger partial charge in [0.15, 0.2) is 21.4 Å². The third kappa shape index (κ3) is 5.31.